The van der Waals surface area contributed by atoms with E-state index in [9.17, 15) is 0 Å². The van der Waals surface area contributed by atoms with Gasteiger partial charge in [0.2, 0.25) is 0 Å². The van der Waals surface area contributed by atoms with Gasteiger partial charge in [-0.05, 0) is 38.8 Å². The maximum Gasteiger partial charge on any atom is 0.134 e. The van der Waals surface area contributed by atoms with Crippen molar-refractivity contribution in [3.63, 3.8) is 0 Å². The van der Waals surface area contributed by atoms with Crippen LogP contribution in [0.25, 0.3) is 0 Å². The van der Waals surface area contributed by atoms with Crippen LogP contribution in [0.1, 0.15) is 44.9 Å². The Kier molecular flexibility index (Phi) is 2.72. The standard InChI is InChI=1S/C15H26N2O/c1-2-6-14(7-3-1)10-16-15(18-12-14)11-17-8-4-13(15)5-9-17/h13,16H,1-12H2. The highest BCUT2D eigenvalue weighted by Gasteiger charge is 2.52. The van der Waals surface area contributed by atoms with Crippen LogP contribution in [-0.4, -0.2) is 43.4 Å². The minimum absolute atomic E-state index is 0.0270. The van der Waals surface area contributed by atoms with Crippen molar-refractivity contribution in [1.82, 2.24) is 10.2 Å². The molecule has 4 heterocycles. The van der Waals surface area contributed by atoms with Gasteiger partial charge in [0.1, 0.15) is 5.72 Å². The molecule has 5 rings (SSSR count). The Hall–Kier alpha value is -0.120. The third-order valence-corrected chi connectivity index (χ3v) is 6.02. The molecule has 0 aromatic heterocycles. The molecule has 0 aromatic rings. The Morgan fingerprint density at radius 3 is 2.39 bits per heavy atom. The summed E-state index contributed by atoms with van der Waals surface area (Å²) in [7, 11) is 0. The summed E-state index contributed by atoms with van der Waals surface area (Å²) in [5.74, 6) is 0.767. The van der Waals surface area contributed by atoms with E-state index in [1.165, 1.54) is 64.6 Å². The number of rotatable bonds is 0. The topological polar surface area (TPSA) is 24.5 Å². The predicted molar refractivity (Wildman–Crippen MR) is 71.4 cm³/mol. The molecular weight excluding hydrogens is 224 g/mol. The van der Waals surface area contributed by atoms with Gasteiger partial charge in [0, 0.05) is 24.4 Å². The van der Waals surface area contributed by atoms with Gasteiger partial charge in [-0.3, -0.25) is 10.2 Å². The number of hydrogen-bond donors (Lipinski definition) is 1. The zero-order chi connectivity index (χ0) is 12.1. The summed E-state index contributed by atoms with van der Waals surface area (Å²) in [5, 5.41) is 3.86. The lowest BCUT2D eigenvalue weighted by Crippen LogP contribution is -2.71. The first-order chi connectivity index (χ1) is 8.80. The fraction of sp³-hybridized carbons (Fsp3) is 1.00. The molecule has 4 aliphatic heterocycles. The molecule has 2 bridgehead atoms. The molecule has 2 spiro atoms. The second-order valence-corrected chi connectivity index (χ2v) is 7.14. The second-order valence-electron chi connectivity index (χ2n) is 7.14. The zero-order valence-corrected chi connectivity index (χ0v) is 11.4. The van der Waals surface area contributed by atoms with Gasteiger partial charge in [-0.1, -0.05) is 19.3 Å². The average Bonchev–Trinajstić information content (AvgIpc) is 2.45. The maximum atomic E-state index is 6.48. The van der Waals surface area contributed by atoms with Crippen LogP contribution < -0.4 is 5.32 Å². The Bertz CT molecular complexity index is 306. The SMILES string of the molecule is C1CCC2(CC1)CNC1(CN3CCC1CC3)OC2. The van der Waals surface area contributed by atoms with Gasteiger partial charge in [-0.2, -0.15) is 0 Å². The number of ether oxygens (including phenoxy) is 1. The summed E-state index contributed by atoms with van der Waals surface area (Å²) < 4.78 is 6.48. The number of piperidine rings is 3. The first kappa shape index (κ1) is 11.7. The van der Waals surface area contributed by atoms with E-state index in [1.807, 2.05) is 0 Å². The quantitative estimate of drug-likeness (QED) is 0.711. The molecule has 0 amide bonds. The molecule has 4 saturated heterocycles. The first-order valence-corrected chi connectivity index (χ1v) is 7.92. The van der Waals surface area contributed by atoms with Gasteiger partial charge in [-0.25, -0.2) is 0 Å². The lowest BCUT2D eigenvalue weighted by atomic mass is 9.71. The van der Waals surface area contributed by atoms with E-state index in [4.69, 9.17) is 4.74 Å². The highest BCUT2D eigenvalue weighted by Crippen LogP contribution is 2.44. The van der Waals surface area contributed by atoms with Gasteiger partial charge in [-0.15, -0.1) is 0 Å². The third-order valence-electron chi connectivity index (χ3n) is 6.02. The summed E-state index contributed by atoms with van der Waals surface area (Å²) in [6.45, 7) is 5.95. The van der Waals surface area contributed by atoms with Gasteiger partial charge < -0.3 is 4.74 Å². The first-order valence-electron chi connectivity index (χ1n) is 7.92. The summed E-state index contributed by atoms with van der Waals surface area (Å²) >= 11 is 0. The fourth-order valence-corrected chi connectivity index (χ4v) is 4.73. The Labute approximate surface area is 110 Å². The van der Waals surface area contributed by atoms with Crippen LogP contribution in [0, 0.1) is 11.3 Å². The van der Waals surface area contributed by atoms with Crippen LogP contribution in [0.2, 0.25) is 0 Å². The average molecular weight is 250 g/mol. The molecule has 1 atom stereocenters. The van der Waals surface area contributed by atoms with E-state index in [2.05, 4.69) is 10.2 Å². The lowest BCUT2D eigenvalue weighted by molar-refractivity contribution is -0.220. The fourth-order valence-electron chi connectivity index (χ4n) is 4.73. The second kappa shape index (κ2) is 4.19. The molecule has 102 valence electrons. The van der Waals surface area contributed by atoms with Gasteiger partial charge >= 0.3 is 0 Å². The van der Waals surface area contributed by atoms with Gasteiger partial charge in [0.05, 0.1) is 6.61 Å². The van der Waals surface area contributed by atoms with E-state index in [-0.39, 0.29) is 5.72 Å². The van der Waals surface area contributed by atoms with Crippen molar-refractivity contribution in [2.75, 3.05) is 32.8 Å². The highest BCUT2D eigenvalue weighted by molar-refractivity contribution is 5.02. The maximum absolute atomic E-state index is 6.48. The van der Waals surface area contributed by atoms with Crippen molar-refractivity contribution in [3.05, 3.63) is 0 Å². The van der Waals surface area contributed by atoms with Gasteiger partial charge in [0.15, 0.2) is 0 Å². The molecule has 5 fully saturated rings. The zero-order valence-electron chi connectivity index (χ0n) is 11.4. The van der Waals surface area contributed by atoms with Crippen molar-refractivity contribution < 1.29 is 4.74 Å². The molecular formula is C15H26N2O. The number of nitrogens with zero attached hydrogens (tertiary/aromatic N) is 1. The van der Waals surface area contributed by atoms with Crippen molar-refractivity contribution in [2.45, 2.75) is 50.7 Å². The smallest absolute Gasteiger partial charge is 0.134 e. The molecule has 1 N–H and O–H groups in total. The van der Waals surface area contributed by atoms with Gasteiger partial charge in [0.25, 0.3) is 0 Å². The molecule has 1 aliphatic carbocycles. The van der Waals surface area contributed by atoms with Crippen LogP contribution in [0.5, 0.6) is 0 Å². The lowest BCUT2D eigenvalue weighted by Gasteiger charge is -2.58. The van der Waals surface area contributed by atoms with E-state index in [0.29, 0.717) is 5.41 Å². The monoisotopic (exact) mass is 250 g/mol. The van der Waals surface area contributed by atoms with Crippen molar-refractivity contribution in [1.29, 1.82) is 0 Å². The Balaban J connectivity index is 1.47. The molecule has 0 radical (unpaired) electrons. The Morgan fingerprint density at radius 1 is 1.06 bits per heavy atom. The van der Waals surface area contributed by atoms with Crippen LogP contribution in [-0.2, 0) is 4.74 Å². The number of nitrogens with one attached hydrogen (secondary N) is 1. The molecule has 1 saturated carbocycles. The molecule has 5 aliphatic rings. The third kappa shape index (κ3) is 1.75. The van der Waals surface area contributed by atoms with E-state index in [1.54, 1.807) is 0 Å². The predicted octanol–water partition coefficient (Wildman–Crippen LogP) is 1.98. The minimum atomic E-state index is 0.0270. The van der Waals surface area contributed by atoms with E-state index < -0.39 is 0 Å². The van der Waals surface area contributed by atoms with Crippen LogP contribution in [0.15, 0.2) is 0 Å². The summed E-state index contributed by atoms with van der Waals surface area (Å²) in [6, 6.07) is 0. The summed E-state index contributed by atoms with van der Waals surface area (Å²) in [6.07, 6.45) is 9.68. The molecule has 18 heavy (non-hydrogen) atoms. The summed E-state index contributed by atoms with van der Waals surface area (Å²) in [4.78, 5) is 2.59. The highest BCUT2D eigenvalue weighted by atomic mass is 16.5. The van der Waals surface area contributed by atoms with Crippen LogP contribution in [0.4, 0.5) is 0 Å². The molecule has 3 heteroatoms. The largest absolute Gasteiger partial charge is 0.358 e. The molecule has 1 unspecified atom stereocenters. The van der Waals surface area contributed by atoms with E-state index >= 15 is 0 Å². The minimum Gasteiger partial charge on any atom is -0.358 e. The van der Waals surface area contributed by atoms with E-state index in [0.717, 1.165) is 19.1 Å². The Morgan fingerprint density at radius 2 is 1.83 bits per heavy atom. The number of fused-ring (bicyclic) bond motifs is 2. The summed E-state index contributed by atoms with van der Waals surface area (Å²) in [5.41, 5.74) is 0.509. The molecule has 3 nitrogen and oxygen atoms in total. The van der Waals surface area contributed by atoms with Crippen LogP contribution >= 0.6 is 0 Å². The van der Waals surface area contributed by atoms with Crippen molar-refractivity contribution >= 4 is 0 Å². The van der Waals surface area contributed by atoms with Crippen molar-refractivity contribution in [2.24, 2.45) is 11.3 Å². The normalized spacial score (nSPS) is 46.7. The van der Waals surface area contributed by atoms with Crippen molar-refractivity contribution in [3.8, 4) is 0 Å². The van der Waals surface area contributed by atoms with Crippen LogP contribution in [0.3, 0.4) is 0 Å². The number of hydrogen-bond acceptors (Lipinski definition) is 3. The molecule has 0 aromatic carbocycles.